The Morgan fingerprint density at radius 2 is 1.51 bits per heavy atom. The highest BCUT2D eigenvalue weighted by Crippen LogP contribution is 2.64. The molecule has 3 aromatic carbocycles. The average molecular weight is 554 g/mol. The van der Waals surface area contributed by atoms with Crippen molar-refractivity contribution in [2.24, 2.45) is 23.2 Å². The number of carbonyl (C=O) groups is 2. The van der Waals surface area contributed by atoms with Gasteiger partial charge in [-0.2, -0.15) is 0 Å². The van der Waals surface area contributed by atoms with Crippen LogP contribution in [0, 0.1) is 23.2 Å². The van der Waals surface area contributed by atoms with Crippen molar-refractivity contribution in [3.05, 3.63) is 95.1 Å². The molecule has 0 heterocycles. The number of rotatable bonds is 8. The smallest absolute Gasteiger partial charge is 0.303 e. The molecule has 2 fully saturated rings. The molecule has 0 radical (unpaired) electrons. The van der Waals surface area contributed by atoms with Crippen molar-refractivity contribution in [2.45, 2.75) is 56.9 Å². The van der Waals surface area contributed by atoms with E-state index in [0.717, 1.165) is 61.2 Å². The molecule has 0 saturated heterocycles. The predicted octanol–water partition coefficient (Wildman–Crippen LogP) is 6.54. The first-order valence-corrected chi connectivity index (χ1v) is 14.8. The van der Waals surface area contributed by atoms with Gasteiger partial charge < -0.3 is 19.9 Å². The fourth-order valence-electron chi connectivity index (χ4n) is 8.54. The zero-order valence-corrected chi connectivity index (χ0v) is 23.8. The van der Waals surface area contributed by atoms with Crippen molar-refractivity contribution in [1.82, 2.24) is 5.32 Å². The van der Waals surface area contributed by atoms with Crippen LogP contribution in [0.2, 0.25) is 0 Å². The number of carboxylic acids is 1. The molecule has 5 atom stereocenters. The third-order valence-electron chi connectivity index (χ3n) is 10.3. The molecule has 0 aromatic heterocycles. The summed E-state index contributed by atoms with van der Waals surface area (Å²) in [6.07, 6.45) is 5.50. The highest BCUT2D eigenvalue weighted by molar-refractivity contribution is 5.82. The van der Waals surface area contributed by atoms with Crippen molar-refractivity contribution < 1.29 is 24.2 Å². The Balaban J connectivity index is 1.31. The van der Waals surface area contributed by atoms with Crippen molar-refractivity contribution in [1.29, 1.82) is 0 Å². The second-order valence-corrected chi connectivity index (χ2v) is 12.1. The summed E-state index contributed by atoms with van der Waals surface area (Å²) in [6.45, 7) is 0. The fourth-order valence-corrected chi connectivity index (χ4v) is 8.54. The monoisotopic (exact) mass is 553 g/mol. The Morgan fingerprint density at radius 3 is 2.12 bits per heavy atom. The number of hydrogen-bond donors (Lipinski definition) is 2. The summed E-state index contributed by atoms with van der Waals surface area (Å²) in [5.74, 6) is 1.44. The normalized spacial score (nSPS) is 26.4. The number of methoxy groups -OCH3 is 2. The lowest BCUT2D eigenvalue weighted by molar-refractivity contribution is -0.146. The number of hydrogen-bond acceptors (Lipinski definition) is 4. The first-order chi connectivity index (χ1) is 19.9. The van der Waals surface area contributed by atoms with Crippen LogP contribution >= 0.6 is 0 Å². The zero-order valence-electron chi connectivity index (χ0n) is 23.8. The summed E-state index contributed by atoms with van der Waals surface area (Å²) < 4.78 is 10.7. The molecule has 2 saturated carbocycles. The van der Waals surface area contributed by atoms with Crippen LogP contribution in [0.1, 0.15) is 72.7 Å². The lowest BCUT2D eigenvalue weighted by Crippen LogP contribution is -2.49. The Hall–Kier alpha value is -3.80. The van der Waals surface area contributed by atoms with Crippen LogP contribution < -0.4 is 14.8 Å². The molecule has 0 aliphatic heterocycles. The molecule has 3 aromatic rings. The second-order valence-electron chi connectivity index (χ2n) is 12.1. The molecule has 0 bridgehead atoms. The molecule has 3 aliphatic rings. The van der Waals surface area contributed by atoms with Gasteiger partial charge in [0.2, 0.25) is 5.91 Å². The van der Waals surface area contributed by atoms with Crippen LogP contribution in [0.5, 0.6) is 11.5 Å². The number of amides is 1. The number of aliphatic carboxylic acids is 1. The molecule has 1 unspecified atom stereocenters. The second kappa shape index (κ2) is 11.2. The number of carbonyl (C=O) groups excluding carboxylic acids is 1. The van der Waals surface area contributed by atoms with E-state index < -0.39 is 11.4 Å². The largest absolute Gasteiger partial charge is 0.497 e. The SMILES string of the molecule is COc1ccc(C(NC(=O)C2CC[C@H]3[C@@H]4CCc5ccccc5[C@H]4CC[C@]23CC(=O)O)c2ccc(OC)cc2)cc1. The number of benzene rings is 3. The van der Waals surface area contributed by atoms with Gasteiger partial charge in [0, 0.05) is 5.92 Å². The minimum Gasteiger partial charge on any atom is -0.497 e. The average Bonchev–Trinajstić information content (AvgIpc) is 3.38. The molecule has 2 N–H and O–H groups in total. The topological polar surface area (TPSA) is 84.9 Å². The van der Waals surface area contributed by atoms with Crippen LogP contribution in [-0.2, 0) is 16.0 Å². The maximum absolute atomic E-state index is 14.3. The predicted molar refractivity (Wildman–Crippen MR) is 157 cm³/mol. The molecule has 214 valence electrons. The number of aryl methyl sites for hydroxylation is 1. The highest BCUT2D eigenvalue weighted by atomic mass is 16.5. The molecule has 41 heavy (non-hydrogen) atoms. The number of nitrogens with one attached hydrogen (secondary N) is 1. The summed E-state index contributed by atoms with van der Waals surface area (Å²) in [7, 11) is 3.27. The number of carboxylic acid groups (broad SMARTS) is 1. The maximum Gasteiger partial charge on any atom is 0.303 e. The number of ether oxygens (including phenoxy) is 2. The summed E-state index contributed by atoms with van der Waals surface area (Å²) in [5, 5.41) is 13.5. The molecule has 6 nitrogen and oxygen atoms in total. The van der Waals surface area contributed by atoms with Crippen LogP contribution in [0.3, 0.4) is 0 Å². The first kappa shape index (κ1) is 27.4. The molecular formula is C35H39NO5. The lowest BCUT2D eigenvalue weighted by atomic mass is 9.52. The highest BCUT2D eigenvalue weighted by Gasteiger charge is 2.60. The minimum atomic E-state index is -0.800. The Morgan fingerprint density at radius 1 is 0.878 bits per heavy atom. The van der Waals surface area contributed by atoms with Gasteiger partial charge in [0.05, 0.1) is 26.7 Å². The van der Waals surface area contributed by atoms with Gasteiger partial charge in [0.15, 0.2) is 0 Å². The van der Waals surface area contributed by atoms with Gasteiger partial charge in [-0.05, 0) is 108 Å². The molecule has 1 amide bonds. The number of fused-ring (bicyclic) bond motifs is 5. The first-order valence-electron chi connectivity index (χ1n) is 14.8. The maximum atomic E-state index is 14.3. The third-order valence-corrected chi connectivity index (χ3v) is 10.3. The van der Waals surface area contributed by atoms with E-state index in [-0.39, 0.29) is 30.2 Å². The van der Waals surface area contributed by atoms with Gasteiger partial charge in [0.1, 0.15) is 11.5 Å². The lowest BCUT2D eigenvalue weighted by Gasteiger charge is -2.51. The minimum absolute atomic E-state index is 0.0416. The van der Waals surface area contributed by atoms with E-state index in [1.54, 1.807) is 14.2 Å². The van der Waals surface area contributed by atoms with E-state index in [0.29, 0.717) is 11.8 Å². The van der Waals surface area contributed by atoms with E-state index in [1.165, 1.54) is 11.1 Å². The van der Waals surface area contributed by atoms with E-state index in [1.807, 2.05) is 48.5 Å². The molecule has 3 aliphatic carbocycles. The third kappa shape index (κ3) is 4.98. The van der Waals surface area contributed by atoms with Crippen molar-refractivity contribution in [2.75, 3.05) is 14.2 Å². The standard InChI is InChI=1S/C35H39NO5/c1-40-25-12-7-23(8-13-25)33(24-9-14-26(41-2)15-10-24)36-34(39)31-18-17-30-29-16-11-22-5-3-4-6-27(22)28(29)19-20-35(30,31)21-32(37)38/h3-10,12-15,28-31,33H,11,16-21H2,1-2H3,(H,36,39)(H,37,38)/t28-,29-,30+,31?,35-/m1/s1. The van der Waals surface area contributed by atoms with Crippen LogP contribution in [0.4, 0.5) is 0 Å². The van der Waals surface area contributed by atoms with Gasteiger partial charge in [-0.1, -0.05) is 48.5 Å². The summed E-state index contributed by atoms with van der Waals surface area (Å²) in [6, 6.07) is 23.9. The van der Waals surface area contributed by atoms with Gasteiger partial charge in [-0.3, -0.25) is 9.59 Å². The van der Waals surface area contributed by atoms with Crippen molar-refractivity contribution >= 4 is 11.9 Å². The van der Waals surface area contributed by atoms with Gasteiger partial charge in [0.25, 0.3) is 0 Å². The quantitative estimate of drug-likeness (QED) is 0.331. The van der Waals surface area contributed by atoms with Crippen LogP contribution in [0.15, 0.2) is 72.8 Å². The molecular weight excluding hydrogens is 514 g/mol. The Kier molecular flexibility index (Phi) is 7.50. The van der Waals surface area contributed by atoms with Crippen molar-refractivity contribution in [3.63, 3.8) is 0 Å². The molecule has 6 heteroatoms. The summed E-state index contributed by atoms with van der Waals surface area (Å²) in [5.41, 5.74) is 4.25. The Bertz CT molecular complexity index is 1350. The Labute approximate surface area is 242 Å². The van der Waals surface area contributed by atoms with E-state index >= 15 is 0 Å². The molecule has 0 spiro atoms. The van der Waals surface area contributed by atoms with Gasteiger partial charge in [-0.15, -0.1) is 0 Å². The summed E-state index contributed by atoms with van der Waals surface area (Å²) in [4.78, 5) is 26.7. The van der Waals surface area contributed by atoms with E-state index in [4.69, 9.17) is 9.47 Å². The molecule has 6 rings (SSSR count). The van der Waals surface area contributed by atoms with Crippen molar-refractivity contribution in [3.8, 4) is 11.5 Å². The summed E-state index contributed by atoms with van der Waals surface area (Å²) >= 11 is 0. The van der Waals surface area contributed by atoms with Crippen LogP contribution in [-0.4, -0.2) is 31.2 Å². The van der Waals surface area contributed by atoms with Gasteiger partial charge >= 0.3 is 5.97 Å². The van der Waals surface area contributed by atoms with E-state index in [9.17, 15) is 14.7 Å². The fraction of sp³-hybridized carbons (Fsp3) is 0.429. The van der Waals surface area contributed by atoms with Gasteiger partial charge in [-0.25, -0.2) is 0 Å². The van der Waals surface area contributed by atoms with Crippen LogP contribution in [0.25, 0.3) is 0 Å². The zero-order chi connectivity index (χ0) is 28.6. The van der Waals surface area contributed by atoms with E-state index in [2.05, 4.69) is 29.6 Å².